The van der Waals surface area contributed by atoms with Gasteiger partial charge in [0.05, 0.1) is 32.4 Å². The van der Waals surface area contributed by atoms with Gasteiger partial charge in [0.2, 0.25) is 23.7 Å². The van der Waals surface area contributed by atoms with E-state index >= 15 is 0 Å². The molecule has 518 valence electrons. The lowest BCUT2D eigenvalue weighted by atomic mass is 10.1. The van der Waals surface area contributed by atoms with Gasteiger partial charge in [-0.2, -0.15) is 30.5 Å². The van der Waals surface area contributed by atoms with Gasteiger partial charge in [0, 0.05) is 69.9 Å². The lowest BCUT2D eigenvalue weighted by Gasteiger charge is -2.20. The quantitative estimate of drug-likeness (QED) is 0.00925. The van der Waals surface area contributed by atoms with Gasteiger partial charge >= 0.3 is 18.0 Å². The number of anilines is 5. The molecule has 0 atom stereocenters. The van der Waals surface area contributed by atoms with Crippen molar-refractivity contribution in [2.24, 2.45) is 5.73 Å². The van der Waals surface area contributed by atoms with Crippen LogP contribution in [0.3, 0.4) is 0 Å². The number of likely N-dealkylation sites (N-methyl/N-ethyl adjacent to an activating group) is 3. The maximum Gasteiger partial charge on any atom is 0.407 e. The van der Waals surface area contributed by atoms with Crippen molar-refractivity contribution >= 4 is 87.8 Å². The Morgan fingerprint density at radius 2 is 0.929 bits per heavy atom. The summed E-state index contributed by atoms with van der Waals surface area (Å²) in [4.78, 5) is 82.7. The maximum atomic E-state index is 12.2. The monoisotopic (exact) mass is 1350 g/mol. The van der Waals surface area contributed by atoms with E-state index in [0.29, 0.717) is 84.5 Å². The first-order valence-electron chi connectivity index (χ1n) is 31.1. The number of hydrogen-bond donors (Lipinski definition) is 8. The molecule has 0 unspecified atom stereocenters. The molecule has 0 radical (unpaired) electrons. The summed E-state index contributed by atoms with van der Waals surface area (Å²) in [6.45, 7) is 14.0. The van der Waals surface area contributed by atoms with Crippen LogP contribution in [-0.2, 0) is 50.1 Å². The smallest absolute Gasteiger partial charge is 0.407 e. The van der Waals surface area contributed by atoms with Gasteiger partial charge in [0.15, 0.2) is 11.3 Å². The Labute approximate surface area is 573 Å². The minimum absolute atomic E-state index is 0.0358. The van der Waals surface area contributed by atoms with Gasteiger partial charge in [-0.25, -0.2) is 24.4 Å². The van der Waals surface area contributed by atoms with E-state index in [1.807, 2.05) is 145 Å². The number of imidazole rings is 2. The first-order valence-corrected chi connectivity index (χ1v) is 31.1. The molecule has 1 amide bonds. The van der Waals surface area contributed by atoms with E-state index in [9.17, 15) is 24.4 Å². The van der Waals surface area contributed by atoms with Gasteiger partial charge in [-0.05, 0) is 136 Å². The second kappa shape index (κ2) is 37.4. The Balaban J connectivity index is 0.000000233. The average molecular weight is 1350 g/mol. The number of hydrogen-bond acceptors (Lipinski definition) is 25. The van der Waals surface area contributed by atoms with Crippen LogP contribution in [0.2, 0.25) is 0 Å². The van der Waals surface area contributed by atoms with Gasteiger partial charge in [-0.1, -0.05) is 72.8 Å². The molecule has 4 heterocycles. The molecule has 0 saturated carbocycles. The summed E-state index contributed by atoms with van der Waals surface area (Å²) in [6.07, 6.45) is 6.31. The minimum atomic E-state index is -0.689. The summed E-state index contributed by atoms with van der Waals surface area (Å²) in [5.41, 5.74) is 26.4. The highest BCUT2D eigenvalue weighted by Crippen LogP contribution is 2.24. The van der Waals surface area contributed by atoms with Crippen LogP contribution in [0.4, 0.5) is 33.8 Å². The number of nitrogen functional groups attached to an aromatic ring is 2. The largest absolute Gasteiger partial charge is 0.471 e. The minimum Gasteiger partial charge on any atom is -0.471 e. The molecular weight excluding hydrogens is 1270 g/mol. The van der Waals surface area contributed by atoms with Crippen molar-refractivity contribution in [3.8, 4) is 23.9 Å². The number of nitrogens with zero attached hydrogens (tertiary/aromatic N) is 11. The van der Waals surface area contributed by atoms with Crippen molar-refractivity contribution < 1.29 is 53.1 Å². The molecule has 28 heteroatoms. The Kier molecular flexibility index (Phi) is 28.7. The predicted octanol–water partition coefficient (Wildman–Crippen LogP) is 8.39. The zero-order valence-corrected chi connectivity index (χ0v) is 56.7. The molecule has 99 heavy (non-hydrogen) atoms. The summed E-state index contributed by atoms with van der Waals surface area (Å²) in [5, 5.41) is 38.8. The number of rotatable bonds is 24. The number of nitrogens with two attached hydrogens (primary N) is 3. The molecule has 0 aliphatic heterocycles. The van der Waals surface area contributed by atoms with Crippen LogP contribution in [0.25, 0.3) is 34.5 Å². The van der Waals surface area contributed by atoms with Crippen molar-refractivity contribution in [2.75, 3.05) is 86.8 Å². The number of aliphatic hydroxyl groups excluding tert-OH is 2. The van der Waals surface area contributed by atoms with Gasteiger partial charge < -0.3 is 81.1 Å². The number of fused-ring (bicyclic) bond motifs is 2. The Morgan fingerprint density at radius 3 is 1.29 bits per heavy atom. The van der Waals surface area contributed by atoms with Crippen molar-refractivity contribution in [3.63, 3.8) is 0 Å². The van der Waals surface area contributed by atoms with E-state index in [1.165, 1.54) is 24.8 Å². The number of nitriles is 2. The lowest BCUT2D eigenvalue weighted by Crippen LogP contribution is -2.28. The average Bonchev–Trinajstić information content (AvgIpc) is 1.73. The number of carbonyl (C=O) groups is 4. The Bertz CT molecular complexity index is 4230. The standard InChI is InChI=1S/C31H34N8O5.C17H22N2O3.C13H14N6O.C10H13NO2/c1-31(2,3)44-28(40)23(16-32)15-20-9-11-24(12-10-20)39(4)13-14-42-30(41)34-17-21-5-7-22(8-6-21)18-43-27-25-26(36-19-35-25)37-29(33)38-27;1-17(2,3)22-16(21)14(12-18)11-13-5-7-15(8-6-13)19(4)9-10-20;14-5-8-1-3-9(4-2-8)6-20-12-10-11(17-7-16-10)18-13(15)19-12;1-11(6-7-12)10-4-2-9(8-13)3-5-10/h5-12,15,19H,13-14,17-18H2,1-4H3,(H,34,41)(H3,33,35,36,37,38);5-8,11,20H,9-10H2,1-4H3;1-4,7H,5-6,14H2,(H3,15,16,17,18,19);2-5,8,12H,6-7H2,1H3/b23-15+;14-11+;;. The van der Waals surface area contributed by atoms with E-state index in [-0.39, 0.29) is 49.5 Å². The molecule has 4 aromatic heterocycles. The van der Waals surface area contributed by atoms with Crippen LogP contribution in [0.15, 0.2) is 145 Å². The van der Waals surface area contributed by atoms with Gasteiger partial charge in [-0.15, -0.1) is 0 Å². The van der Waals surface area contributed by atoms with Gasteiger partial charge in [0.1, 0.15) is 71.6 Å². The molecule has 0 spiro atoms. The van der Waals surface area contributed by atoms with E-state index in [0.717, 1.165) is 51.2 Å². The normalized spacial score (nSPS) is 11.2. The fourth-order valence-electron chi connectivity index (χ4n) is 8.60. The molecule has 0 saturated heterocycles. The van der Waals surface area contributed by atoms with Crippen LogP contribution in [0, 0.1) is 22.7 Å². The number of carbonyl (C=O) groups excluding carboxylic acids is 4. The van der Waals surface area contributed by atoms with Crippen LogP contribution < -0.4 is 46.7 Å². The number of esters is 2. The molecule has 0 fully saturated rings. The molecular formula is C71H83N17O11. The fourth-order valence-corrected chi connectivity index (χ4v) is 8.60. The van der Waals surface area contributed by atoms with Crippen molar-refractivity contribution in [1.29, 1.82) is 10.5 Å². The highest BCUT2D eigenvalue weighted by molar-refractivity contribution is 5.99. The Morgan fingerprint density at radius 1 is 0.556 bits per heavy atom. The molecule has 0 aliphatic rings. The zero-order valence-electron chi connectivity index (χ0n) is 56.7. The highest BCUT2D eigenvalue weighted by atomic mass is 16.6. The van der Waals surface area contributed by atoms with Crippen molar-refractivity contribution in [2.45, 2.75) is 79.0 Å². The van der Waals surface area contributed by atoms with Gasteiger partial charge in [-0.3, -0.25) is 4.79 Å². The molecule has 11 N–H and O–H groups in total. The number of aromatic amines is 2. The second-order valence-corrected chi connectivity index (χ2v) is 23.8. The third kappa shape index (κ3) is 25.3. The predicted molar refractivity (Wildman–Crippen MR) is 377 cm³/mol. The number of ether oxygens (including phenoxy) is 5. The number of nitrogens with one attached hydrogen (secondary N) is 3. The Hall–Kier alpha value is -12.0. The third-order valence-corrected chi connectivity index (χ3v) is 13.8. The molecule has 28 nitrogen and oxygen atoms in total. The van der Waals surface area contributed by atoms with E-state index in [1.54, 1.807) is 65.8 Å². The van der Waals surface area contributed by atoms with Crippen LogP contribution in [0.5, 0.6) is 11.8 Å². The first kappa shape index (κ1) is 76.0. The van der Waals surface area contributed by atoms with Gasteiger partial charge in [0.25, 0.3) is 0 Å². The van der Waals surface area contributed by atoms with E-state index < -0.39 is 29.2 Å². The lowest BCUT2D eigenvalue weighted by molar-refractivity contribution is -0.150. The van der Waals surface area contributed by atoms with E-state index in [2.05, 4.69) is 45.2 Å². The van der Waals surface area contributed by atoms with E-state index in [4.69, 9.17) is 56.4 Å². The summed E-state index contributed by atoms with van der Waals surface area (Å²) in [7, 11) is 5.64. The van der Waals surface area contributed by atoms with Crippen molar-refractivity contribution in [1.82, 2.24) is 45.2 Å². The van der Waals surface area contributed by atoms with Crippen molar-refractivity contribution in [3.05, 3.63) is 184 Å². The molecule has 0 bridgehead atoms. The molecule has 9 rings (SSSR count). The molecule has 5 aromatic carbocycles. The van der Waals surface area contributed by atoms with Crippen LogP contribution in [-0.4, -0.2) is 146 Å². The number of H-pyrrole nitrogens is 2. The van der Waals surface area contributed by atoms with Crippen LogP contribution in [0.1, 0.15) is 85.3 Å². The fraction of sp³-hybridized carbons (Fsp3) is 0.296. The number of benzene rings is 5. The summed E-state index contributed by atoms with van der Waals surface area (Å²) in [5.74, 6) is -0.360. The highest BCUT2D eigenvalue weighted by Gasteiger charge is 2.22. The first-order chi connectivity index (χ1) is 47.3. The SMILES string of the molecule is CN(CCO)c1ccc(/C=C(\C#N)C(=O)OC(C)(C)C)cc1.CN(CCO)c1ccc(C=O)cc1.CN(CCOC(=O)NCc1ccc(COc2nc(N)nc3nc[nH]c23)cc1)c1ccc(/C=C(\C#N)C(=O)OC(C)(C)C)cc1.NCc1ccc(COc2nc(N)nc3nc[nH]c23)cc1. The number of aliphatic hydroxyl groups is 2. The summed E-state index contributed by atoms with van der Waals surface area (Å²) < 4.78 is 27.3. The number of alkyl carbamates (subject to hydrolysis) is 1. The zero-order chi connectivity index (χ0) is 72.1. The summed E-state index contributed by atoms with van der Waals surface area (Å²) >= 11 is 0. The topological polar surface area (TPSA) is 411 Å². The number of amides is 1. The maximum absolute atomic E-state index is 12.2. The second-order valence-electron chi connectivity index (χ2n) is 23.8. The van der Waals surface area contributed by atoms with Crippen LogP contribution >= 0.6 is 0 Å². The number of aromatic nitrogens is 8. The molecule has 9 aromatic rings. The number of aldehydes is 1. The molecule has 0 aliphatic carbocycles. The summed E-state index contributed by atoms with van der Waals surface area (Å²) in [6, 6.07) is 41.1. The third-order valence-electron chi connectivity index (χ3n) is 13.8.